The number of hydrogen-bond donors (Lipinski definition) is 3. The number of hydrogen-bond acceptors (Lipinski definition) is 9. The first-order chi connectivity index (χ1) is 16.7. The summed E-state index contributed by atoms with van der Waals surface area (Å²) >= 11 is 0. The number of rotatable bonds is 6. The largest absolute Gasteiger partial charge is 0.495 e. The van der Waals surface area contributed by atoms with E-state index in [4.69, 9.17) is 10.5 Å². The number of para-hydroxylation sites is 2. The van der Waals surface area contributed by atoms with E-state index in [-0.39, 0.29) is 27.8 Å². The average Bonchev–Trinajstić information content (AvgIpc) is 3.43. The van der Waals surface area contributed by atoms with Gasteiger partial charge in [-0.2, -0.15) is 8.42 Å². The molecule has 0 aliphatic heterocycles. The maximum absolute atomic E-state index is 12.9. The molecule has 0 spiro atoms. The molecule has 0 saturated heterocycles. The third-order valence-corrected chi connectivity index (χ3v) is 6.38. The zero-order valence-electron chi connectivity index (χ0n) is 18.3. The number of primary amides is 1. The smallest absolute Gasteiger partial charge is 0.332 e. The van der Waals surface area contributed by atoms with Crippen LogP contribution in [0.1, 0.15) is 10.5 Å². The number of aromatic nitrogens is 6. The molecular weight excluding hydrogens is 478 g/mol. The summed E-state index contributed by atoms with van der Waals surface area (Å²) in [6.07, 6.45) is 0. The van der Waals surface area contributed by atoms with Gasteiger partial charge in [-0.25, -0.2) is 24.3 Å². The van der Waals surface area contributed by atoms with Gasteiger partial charge in [0.25, 0.3) is 11.1 Å². The number of fused-ring (bicyclic) bond motifs is 2. The van der Waals surface area contributed by atoms with Gasteiger partial charge in [-0.3, -0.25) is 8.98 Å². The van der Waals surface area contributed by atoms with E-state index in [1.54, 1.807) is 42.5 Å². The highest BCUT2D eigenvalue weighted by molar-refractivity contribution is 7.86. The van der Waals surface area contributed by atoms with Gasteiger partial charge in [0.05, 0.1) is 30.9 Å². The summed E-state index contributed by atoms with van der Waals surface area (Å²) in [5.41, 5.74) is 6.48. The van der Waals surface area contributed by atoms with Gasteiger partial charge in [0.2, 0.25) is 0 Å². The second kappa shape index (κ2) is 8.03. The van der Waals surface area contributed by atoms with Crippen molar-refractivity contribution in [3.05, 3.63) is 58.6 Å². The number of nitrogens with one attached hydrogen (secondary N) is 2. The Hall–Kier alpha value is -4.56. The van der Waals surface area contributed by atoms with Crippen LogP contribution < -0.4 is 16.2 Å². The Labute approximate surface area is 196 Å². The first-order valence-corrected chi connectivity index (χ1v) is 11.4. The highest BCUT2D eigenvalue weighted by Crippen LogP contribution is 2.27. The van der Waals surface area contributed by atoms with E-state index in [1.165, 1.54) is 11.7 Å². The molecule has 0 saturated carbocycles. The summed E-state index contributed by atoms with van der Waals surface area (Å²) in [5.74, 6) is -0.396. The molecule has 5 rings (SSSR count). The molecule has 178 valence electrons. The molecule has 3 heterocycles. The van der Waals surface area contributed by atoms with Crippen molar-refractivity contribution in [2.24, 2.45) is 5.73 Å². The van der Waals surface area contributed by atoms with Gasteiger partial charge in [0.15, 0.2) is 17.2 Å². The number of imidazole rings is 2. The van der Waals surface area contributed by atoms with Crippen LogP contribution in [0.2, 0.25) is 0 Å². The third-order valence-electron chi connectivity index (χ3n) is 5.27. The van der Waals surface area contributed by atoms with Crippen molar-refractivity contribution in [2.45, 2.75) is 5.16 Å². The van der Waals surface area contributed by atoms with Crippen molar-refractivity contribution in [2.75, 3.05) is 14.2 Å². The van der Waals surface area contributed by atoms with Crippen LogP contribution >= 0.6 is 0 Å². The predicted octanol–water partition coefficient (Wildman–Crippen LogP) is 1.09. The van der Waals surface area contributed by atoms with Crippen LogP contribution in [0.25, 0.3) is 39.3 Å². The minimum Gasteiger partial charge on any atom is -0.495 e. The normalized spacial score (nSPS) is 11.8. The topological polar surface area (TPSA) is 188 Å². The van der Waals surface area contributed by atoms with E-state index >= 15 is 0 Å². The van der Waals surface area contributed by atoms with Crippen LogP contribution in [0, 0.1) is 0 Å². The lowest BCUT2D eigenvalue weighted by Crippen LogP contribution is -2.16. The number of methoxy groups -OCH3 is 1. The van der Waals surface area contributed by atoms with E-state index < -0.39 is 21.7 Å². The molecule has 0 atom stereocenters. The Morgan fingerprint density at radius 1 is 1.06 bits per heavy atom. The summed E-state index contributed by atoms with van der Waals surface area (Å²) in [7, 11) is -1.55. The number of H-pyrrole nitrogens is 2. The third kappa shape index (κ3) is 3.60. The van der Waals surface area contributed by atoms with Crippen molar-refractivity contribution < 1.29 is 22.1 Å². The number of amides is 1. The first-order valence-electron chi connectivity index (χ1n) is 10.00. The molecule has 1 amide bonds. The Morgan fingerprint density at radius 3 is 2.54 bits per heavy atom. The summed E-state index contributed by atoms with van der Waals surface area (Å²) in [6, 6.07) is 11.5. The number of carbonyl (C=O) groups is 1. The fourth-order valence-electron chi connectivity index (χ4n) is 3.65. The molecular formula is C21H17N7O6S. The van der Waals surface area contributed by atoms with Gasteiger partial charge in [0, 0.05) is 5.56 Å². The summed E-state index contributed by atoms with van der Waals surface area (Å²) in [4.78, 5) is 43.2. The van der Waals surface area contributed by atoms with E-state index in [0.717, 1.165) is 7.11 Å². The monoisotopic (exact) mass is 495 g/mol. The number of aromatic amines is 2. The number of nitrogens with two attached hydrogens (primary N) is 1. The summed E-state index contributed by atoms with van der Waals surface area (Å²) < 4.78 is 35.1. The predicted molar refractivity (Wildman–Crippen MR) is 124 cm³/mol. The zero-order valence-corrected chi connectivity index (χ0v) is 19.1. The Morgan fingerprint density at radius 2 is 1.83 bits per heavy atom. The van der Waals surface area contributed by atoms with Crippen LogP contribution in [0.5, 0.6) is 5.75 Å². The number of carbonyl (C=O) groups excluding carboxylic acids is 1. The zero-order chi connectivity index (χ0) is 24.9. The van der Waals surface area contributed by atoms with Crippen molar-refractivity contribution in [1.29, 1.82) is 0 Å². The fourth-order valence-corrected chi connectivity index (χ4v) is 4.26. The molecule has 35 heavy (non-hydrogen) atoms. The second-order valence-corrected chi connectivity index (χ2v) is 8.92. The highest BCUT2D eigenvalue weighted by atomic mass is 32.2. The molecule has 0 unspecified atom stereocenters. The standard InChI is InChI=1S/C21H17N7O6S/c1-33-14-6-4-3-5-13(14)28-19-16(26-21(28)30)15(17(22)29)25-18(27-19)10-7-8-11-12(9-10)24-20(23-11)35(31,32)34-2/h3-9H,1-2H3,(H2,22,29)(H,23,24)(H,26,30). The number of nitrogens with zero attached hydrogens (tertiary/aromatic N) is 4. The quantitative estimate of drug-likeness (QED) is 0.290. The lowest BCUT2D eigenvalue weighted by molar-refractivity contribution is 0.0997. The minimum atomic E-state index is -4.04. The van der Waals surface area contributed by atoms with Gasteiger partial charge < -0.3 is 20.4 Å². The molecule has 0 aliphatic rings. The Kier molecular flexibility index (Phi) is 5.11. The lowest BCUT2D eigenvalue weighted by atomic mass is 10.2. The average molecular weight is 495 g/mol. The molecule has 0 radical (unpaired) electrons. The molecule has 0 bridgehead atoms. The van der Waals surface area contributed by atoms with Crippen molar-refractivity contribution in [1.82, 2.24) is 29.5 Å². The first kappa shape index (κ1) is 22.2. The van der Waals surface area contributed by atoms with Crippen LogP contribution in [-0.2, 0) is 14.3 Å². The maximum atomic E-state index is 12.9. The van der Waals surface area contributed by atoms with Crippen molar-refractivity contribution in [3.8, 4) is 22.8 Å². The summed E-state index contributed by atoms with van der Waals surface area (Å²) in [5, 5.41) is -0.364. The molecule has 2 aromatic carbocycles. The molecule has 13 nitrogen and oxygen atoms in total. The van der Waals surface area contributed by atoms with E-state index in [0.29, 0.717) is 28.0 Å². The maximum Gasteiger partial charge on any atom is 0.332 e. The van der Waals surface area contributed by atoms with Crippen LogP contribution in [0.15, 0.2) is 52.4 Å². The van der Waals surface area contributed by atoms with Gasteiger partial charge in [-0.05, 0) is 30.3 Å². The summed E-state index contributed by atoms with van der Waals surface area (Å²) in [6.45, 7) is 0. The molecule has 4 N–H and O–H groups in total. The SMILES string of the molecule is COc1ccccc1-n1c(=O)[nH]c2c(C(N)=O)nc(-c3ccc4nc(S(=O)(=O)OC)[nH]c4c3)nc21. The van der Waals surface area contributed by atoms with Crippen LogP contribution in [0.3, 0.4) is 0 Å². The fraction of sp³-hybridized carbons (Fsp3) is 0.0952. The molecule has 14 heteroatoms. The van der Waals surface area contributed by atoms with Crippen molar-refractivity contribution in [3.63, 3.8) is 0 Å². The van der Waals surface area contributed by atoms with Crippen molar-refractivity contribution >= 4 is 38.2 Å². The van der Waals surface area contributed by atoms with Crippen LogP contribution in [-0.4, -0.2) is 58.0 Å². The van der Waals surface area contributed by atoms with E-state index in [9.17, 15) is 18.0 Å². The van der Waals surface area contributed by atoms with E-state index in [2.05, 4.69) is 29.1 Å². The van der Waals surface area contributed by atoms with Gasteiger partial charge in [0.1, 0.15) is 11.3 Å². The van der Waals surface area contributed by atoms with E-state index in [1.807, 2.05) is 0 Å². The van der Waals surface area contributed by atoms with Gasteiger partial charge >= 0.3 is 15.8 Å². The van der Waals surface area contributed by atoms with Gasteiger partial charge in [-0.1, -0.05) is 12.1 Å². The Bertz CT molecular complexity index is 1800. The molecule has 3 aromatic heterocycles. The Balaban J connectivity index is 1.77. The number of benzene rings is 2. The molecule has 0 aliphatic carbocycles. The minimum absolute atomic E-state index is 0.0632. The van der Waals surface area contributed by atoms with Crippen LogP contribution in [0.4, 0.5) is 0 Å². The van der Waals surface area contributed by atoms with Gasteiger partial charge in [-0.15, -0.1) is 0 Å². The highest BCUT2D eigenvalue weighted by Gasteiger charge is 2.23. The number of ether oxygens (including phenoxy) is 1. The molecule has 5 aromatic rings. The molecule has 0 fully saturated rings. The lowest BCUT2D eigenvalue weighted by Gasteiger charge is -2.10. The second-order valence-electron chi connectivity index (χ2n) is 7.29.